The highest BCUT2D eigenvalue weighted by atomic mass is 16.5. The molecule has 2 aromatic rings. The van der Waals surface area contributed by atoms with Gasteiger partial charge >= 0.3 is 5.63 Å². The number of hydrogen-bond donors (Lipinski definition) is 1. The summed E-state index contributed by atoms with van der Waals surface area (Å²) in [4.78, 5) is 31.7. The fourth-order valence-electron chi connectivity index (χ4n) is 3.72. The van der Waals surface area contributed by atoms with Gasteiger partial charge in [0.1, 0.15) is 17.1 Å². The first kappa shape index (κ1) is 19.6. The van der Waals surface area contributed by atoms with Crippen LogP contribution in [0.1, 0.15) is 40.4 Å². The molecule has 154 valence electrons. The first-order valence-corrected chi connectivity index (χ1v) is 9.94. The number of anilines is 2. The first-order chi connectivity index (χ1) is 14.1. The van der Waals surface area contributed by atoms with E-state index in [0.717, 1.165) is 31.7 Å². The van der Waals surface area contributed by atoms with Crippen molar-refractivity contribution in [3.8, 4) is 0 Å². The van der Waals surface area contributed by atoms with E-state index in [1.165, 1.54) is 0 Å². The van der Waals surface area contributed by atoms with Crippen molar-refractivity contribution in [2.24, 2.45) is 0 Å². The number of nitrogens with zero attached hydrogens (tertiary/aromatic N) is 2. The Morgan fingerprint density at radius 1 is 1.14 bits per heavy atom. The average Bonchev–Trinajstić information content (AvgIpc) is 2.75. The Kier molecular flexibility index (Phi) is 5.92. The molecule has 2 aliphatic rings. The van der Waals surface area contributed by atoms with Crippen LogP contribution in [0.15, 0.2) is 33.6 Å². The molecule has 0 atom stereocenters. The molecule has 4 heterocycles. The van der Waals surface area contributed by atoms with Crippen molar-refractivity contribution in [3.63, 3.8) is 0 Å². The van der Waals surface area contributed by atoms with E-state index >= 15 is 0 Å². The molecular formula is C21H25N3O5. The number of amides is 1. The summed E-state index contributed by atoms with van der Waals surface area (Å²) in [6, 6.07) is 5.43. The predicted octanol–water partition coefficient (Wildman–Crippen LogP) is 2.33. The van der Waals surface area contributed by atoms with Crippen LogP contribution in [-0.2, 0) is 9.47 Å². The van der Waals surface area contributed by atoms with E-state index in [1.807, 2.05) is 6.07 Å². The molecule has 4 rings (SSSR count). The second-order valence-corrected chi connectivity index (χ2v) is 7.34. The summed E-state index contributed by atoms with van der Waals surface area (Å²) >= 11 is 0. The van der Waals surface area contributed by atoms with Gasteiger partial charge in [0.15, 0.2) is 0 Å². The number of hydrogen-bond acceptors (Lipinski definition) is 7. The van der Waals surface area contributed by atoms with Crippen LogP contribution in [0, 0.1) is 6.92 Å². The number of carbonyl (C=O) groups is 1. The lowest BCUT2D eigenvalue weighted by molar-refractivity contribution is 0.0796. The van der Waals surface area contributed by atoms with Crippen molar-refractivity contribution < 1.29 is 18.7 Å². The molecule has 8 nitrogen and oxygen atoms in total. The zero-order chi connectivity index (χ0) is 20.2. The quantitative estimate of drug-likeness (QED) is 0.843. The van der Waals surface area contributed by atoms with Crippen molar-refractivity contribution in [2.45, 2.75) is 25.7 Å². The van der Waals surface area contributed by atoms with E-state index in [2.05, 4.69) is 15.2 Å². The fraction of sp³-hybridized carbons (Fsp3) is 0.476. The van der Waals surface area contributed by atoms with Crippen LogP contribution in [0.25, 0.3) is 0 Å². The molecule has 1 N–H and O–H groups in total. The number of rotatable bonds is 4. The number of pyridine rings is 1. The van der Waals surface area contributed by atoms with E-state index < -0.39 is 11.5 Å². The standard InChI is InChI=1S/C21H25N3O5/c1-14-12-17(15-4-8-27-9-5-15)29-21(26)19(14)20(25)23-16-2-3-18(22-13-16)24-6-10-28-11-7-24/h2-3,12-13,15H,4-11H2,1H3,(H,23,25). The highest BCUT2D eigenvalue weighted by Crippen LogP contribution is 2.27. The van der Waals surface area contributed by atoms with E-state index in [1.54, 1.807) is 25.3 Å². The van der Waals surface area contributed by atoms with Crippen LogP contribution in [0.5, 0.6) is 0 Å². The van der Waals surface area contributed by atoms with Crippen molar-refractivity contribution in [1.29, 1.82) is 0 Å². The van der Waals surface area contributed by atoms with Crippen molar-refractivity contribution in [1.82, 2.24) is 4.98 Å². The number of ether oxygens (including phenoxy) is 2. The molecule has 29 heavy (non-hydrogen) atoms. The summed E-state index contributed by atoms with van der Waals surface area (Å²) < 4.78 is 16.2. The normalized spacial score (nSPS) is 17.9. The van der Waals surface area contributed by atoms with Gasteiger partial charge in [-0.2, -0.15) is 0 Å². The molecule has 8 heteroatoms. The number of morpholine rings is 1. The topological polar surface area (TPSA) is 93.9 Å². The van der Waals surface area contributed by atoms with Gasteiger partial charge < -0.3 is 24.1 Å². The Morgan fingerprint density at radius 3 is 2.52 bits per heavy atom. The van der Waals surface area contributed by atoms with Gasteiger partial charge in [-0.15, -0.1) is 0 Å². The zero-order valence-corrected chi connectivity index (χ0v) is 16.5. The number of nitrogens with one attached hydrogen (secondary N) is 1. The van der Waals surface area contributed by atoms with E-state index in [-0.39, 0.29) is 11.5 Å². The van der Waals surface area contributed by atoms with Crippen molar-refractivity contribution in [2.75, 3.05) is 49.7 Å². The molecule has 0 spiro atoms. The summed E-state index contributed by atoms with van der Waals surface area (Å²) in [5.74, 6) is 1.13. The monoisotopic (exact) mass is 399 g/mol. The van der Waals surface area contributed by atoms with Gasteiger partial charge in [0.2, 0.25) is 0 Å². The van der Waals surface area contributed by atoms with Gasteiger partial charge in [-0.3, -0.25) is 4.79 Å². The number of aromatic nitrogens is 1. The molecule has 1 amide bonds. The molecule has 0 saturated carbocycles. The van der Waals surface area contributed by atoms with Crippen molar-refractivity contribution >= 4 is 17.4 Å². The zero-order valence-electron chi connectivity index (χ0n) is 16.5. The van der Waals surface area contributed by atoms with Crippen LogP contribution in [-0.4, -0.2) is 50.4 Å². The maximum Gasteiger partial charge on any atom is 0.349 e. The third-order valence-electron chi connectivity index (χ3n) is 5.36. The molecule has 0 bridgehead atoms. The molecule has 2 fully saturated rings. The molecule has 2 aliphatic heterocycles. The molecule has 0 unspecified atom stereocenters. The molecule has 0 aromatic carbocycles. The smallest absolute Gasteiger partial charge is 0.349 e. The van der Waals surface area contributed by atoms with Gasteiger partial charge in [-0.1, -0.05) is 0 Å². The Morgan fingerprint density at radius 2 is 1.86 bits per heavy atom. The van der Waals surface area contributed by atoms with Crippen LogP contribution in [0.2, 0.25) is 0 Å². The van der Waals surface area contributed by atoms with Crippen LogP contribution >= 0.6 is 0 Å². The summed E-state index contributed by atoms with van der Waals surface area (Å²) in [6.45, 7) is 6.01. The van der Waals surface area contributed by atoms with Crippen LogP contribution in [0.3, 0.4) is 0 Å². The Balaban J connectivity index is 1.47. The third-order valence-corrected chi connectivity index (χ3v) is 5.36. The fourth-order valence-corrected chi connectivity index (χ4v) is 3.72. The minimum absolute atomic E-state index is 0.0260. The summed E-state index contributed by atoms with van der Waals surface area (Å²) in [7, 11) is 0. The highest BCUT2D eigenvalue weighted by molar-refractivity contribution is 6.04. The molecule has 2 aromatic heterocycles. The lowest BCUT2D eigenvalue weighted by Crippen LogP contribution is -2.36. The molecule has 0 radical (unpaired) electrons. The number of aryl methyl sites for hydroxylation is 1. The second-order valence-electron chi connectivity index (χ2n) is 7.34. The Bertz CT molecular complexity index is 913. The van der Waals surface area contributed by atoms with E-state index in [9.17, 15) is 9.59 Å². The van der Waals surface area contributed by atoms with Crippen LogP contribution < -0.4 is 15.8 Å². The largest absolute Gasteiger partial charge is 0.427 e. The maximum atomic E-state index is 12.7. The molecule has 2 saturated heterocycles. The molecular weight excluding hydrogens is 374 g/mol. The predicted molar refractivity (Wildman–Crippen MR) is 108 cm³/mol. The third kappa shape index (κ3) is 4.49. The van der Waals surface area contributed by atoms with Gasteiger partial charge in [-0.25, -0.2) is 9.78 Å². The maximum absolute atomic E-state index is 12.7. The minimum Gasteiger partial charge on any atom is -0.427 e. The summed E-state index contributed by atoms with van der Waals surface area (Å²) in [5, 5.41) is 2.74. The average molecular weight is 399 g/mol. The second kappa shape index (κ2) is 8.75. The SMILES string of the molecule is Cc1cc(C2CCOCC2)oc(=O)c1C(=O)Nc1ccc(N2CCOCC2)nc1. The highest BCUT2D eigenvalue weighted by Gasteiger charge is 2.23. The summed E-state index contributed by atoms with van der Waals surface area (Å²) in [6.07, 6.45) is 3.22. The van der Waals surface area contributed by atoms with E-state index in [0.29, 0.717) is 43.4 Å². The number of carbonyl (C=O) groups excluding carboxylic acids is 1. The lowest BCUT2D eigenvalue weighted by atomic mass is 9.95. The minimum atomic E-state index is -0.609. The first-order valence-electron chi connectivity index (χ1n) is 9.94. The van der Waals surface area contributed by atoms with Crippen LogP contribution in [0.4, 0.5) is 11.5 Å². The Labute approximate surface area is 168 Å². The summed E-state index contributed by atoms with van der Waals surface area (Å²) in [5.41, 5.74) is 0.553. The Hall–Kier alpha value is -2.71. The van der Waals surface area contributed by atoms with Gasteiger partial charge in [0.05, 0.1) is 25.1 Å². The van der Waals surface area contributed by atoms with Gasteiger partial charge in [0, 0.05) is 32.2 Å². The lowest BCUT2D eigenvalue weighted by Gasteiger charge is -2.27. The van der Waals surface area contributed by atoms with Crippen molar-refractivity contribution in [3.05, 3.63) is 51.7 Å². The molecule has 0 aliphatic carbocycles. The van der Waals surface area contributed by atoms with Gasteiger partial charge in [-0.05, 0) is 43.5 Å². The van der Waals surface area contributed by atoms with E-state index in [4.69, 9.17) is 13.9 Å². The van der Waals surface area contributed by atoms with Gasteiger partial charge in [0.25, 0.3) is 5.91 Å².